The molecule has 0 aliphatic heterocycles. The zero-order chi connectivity index (χ0) is 14.2. The number of pyridine rings is 1. The van der Waals surface area contributed by atoms with Crippen LogP contribution >= 0.6 is 0 Å². The first kappa shape index (κ1) is 12.7. The first-order valence-electron chi connectivity index (χ1n) is 5.49. The van der Waals surface area contributed by atoms with E-state index in [0.29, 0.717) is 5.52 Å². The maximum atomic E-state index is 12.1. The van der Waals surface area contributed by atoms with Crippen LogP contribution in [0.25, 0.3) is 11.2 Å². The lowest BCUT2D eigenvalue weighted by atomic mass is 10.2. The Morgan fingerprint density at radius 2 is 2.05 bits per heavy atom. The molecule has 1 amide bonds. The number of rotatable bonds is 2. The Morgan fingerprint density at radius 3 is 2.63 bits per heavy atom. The third-order valence-electron chi connectivity index (χ3n) is 3.00. The van der Waals surface area contributed by atoms with Crippen molar-refractivity contribution < 1.29 is 9.90 Å². The summed E-state index contributed by atoms with van der Waals surface area (Å²) >= 11 is 0. The topological polar surface area (TPSA) is 99.9 Å². The Kier molecular flexibility index (Phi) is 3.04. The second kappa shape index (κ2) is 4.52. The number of carbonyl (C=O) groups excluding carboxylic acids is 1. The third-order valence-corrected chi connectivity index (χ3v) is 3.00. The number of aromatic hydroxyl groups is 1. The Morgan fingerprint density at radius 1 is 1.37 bits per heavy atom. The molecular weight excluding hydrogens is 248 g/mol. The van der Waals surface area contributed by atoms with Crippen molar-refractivity contribution >= 4 is 17.1 Å². The lowest BCUT2D eigenvalue weighted by Crippen LogP contribution is -2.20. The minimum Gasteiger partial charge on any atom is -0.493 e. The Labute approximate surface area is 107 Å². The molecular formula is C12H12N4O3. The molecule has 0 bridgehead atoms. The summed E-state index contributed by atoms with van der Waals surface area (Å²) in [5, 5.41) is 12.9. The van der Waals surface area contributed by atoms with Crippen molar-refractivity contribution in [3.8, 4) is 5.88 Å². The molecule has 7 nitrogen and oxygen atoms in total. The van der Waals surface area contributed by atoms with Crippen LogP contribution in [0.1, 0.15) is 13.8 Å². The summed E-state index contributed by atoms with van der Waals surface area (Å²) in [6, 6.07) is 4.94. The highest BCUT2D eigenvalue weighted by molar-refractivity contribution is 5.98. The minimum atomic E-state index is -0.751. The molecule has 0 aliphatic carbocycles. The van der Waals surface area contributed by atoms with Gasteiger partial charge in [-0.1, -0.05) is 6.07 Å². The van der Waals surface area contributed by atoms with E-state index in [1.807, 2.05) is 0 Å². The molecule has 2 aromatic rings. The summed E-state index contributed by atoms with van der Waals surface area (Å²) in [5.74, 6) is -1.00. The highest BCUT2D eigenvalue weighted by atomic mass is 16.3. The summed E-state index contributed by atoms with van der Waals surface area (Å²) in [7, 11) is 0. The molecule has 0 spiro atoms. The summed E-state index contributed by atoms with van der Waals surface area (Å²) < 4.78 is 2.29. The molecule has 0 radical (unpaired) electrons. The molecule has 2 N–H and O–H groups in total. The van der Waals surface area contributed by atoms with E-state index in [4.69, 9.17) is 5.53 Å². The van der Waals surface area contributed by atoms with Gasteiger partial charge in [0, 0.05) is 17.5 Å². The highest BCUT2D eigenvalue weighted by Crippen LogP contribution is 2.22. The Balaban J connectivity index is 2.81. The van der Waals surface area contributed by atoms with Gasteiger partial charge in [-0.05, 0) is 26.0 Å². The van der Waals surface area contributed by atoms with Gasteiger partial charge < -0.3 is 5.11 Å². The van der Waals surface area contributed by atoms with Gasteiger partial charge in [0.15, 0.2) is 0 Å². The number of fused-ring (bicyclic) bond motifs is 1. The van der Waals surface area contributed by atoms with Crippen LogP contribution in [0.3, 0.4) is 0 Å². The van der Waals surface area contributed by atoms with Gasteiger partial charge in [0.05, 0.1) is 0 Å². The van der Waals surface area contributed by atoms with E-state index < -0.39 is 11.6 Å². The molecule has 0 saturated heterocycles. The number of allylic oxidation sites excluding steroid dienone is 1. The molecule has 0 aromatic carbocycles. The van der Waals surface area contributed by atoms with Crippen molar-refractivity contribution in [3.63, 3.8) is 0 Å². The molecule has 7 heteroatoms. The molecule has 2 heterocycles. The molecule has 98 valence electrons. The number of nitrogens with zero attached hydrogens (tertiary/aromatic N) is 3. The lowest BCUT2D eigenvalue weighted by Gasteiger charge is -2.05. The van der Waals surface area contributed by atoms with E-state index in [9.17, 15) is 14.7 Å². The molecule has 0 unspecified atom stereocenters. The van der Waals surface area contributed by atoms with Crippen LogP contribution in [0, 0.1) is 5.53 Å². The fraction of sp³-hybridized carbons (Fsp3) is 0.167. The Bertz CT molecular complexity index is 767. The monoisotopic (exact) mass is 260 g/mol. The average molecular weight is 260 g/mol. The zero-order valence-electron chi connectivity index (χ0n) is 10.4. The second-order valence-electron chi connectivity index (χ2n) is 4.02. The van der Waals surface area contributed by atoms with Gasteiger partial charge in [0.1, 0.15) is 5.52 Å². The van der Waals surface area contributed by atoms with Gasteiger partial charge in [-0.2, -0.15) is 0 Å². The highest BCUT2D eigenvalue weighted by Gasteiger charge is 2.17. The molecule has 0 saturated carbocycles. The van der Waals surface area contributed by atoms with E-state index >= 15 is 0 Å². The smallest absolute Gasteiger partial charge is 0.340 e. The first-order chi connectivity index (χ1) is 8.99. The van der Waals surface area contributed by atoms with Gasteiger partial charge in [0.2, 0.25) is 5.88 Å². The standard InChI is InChI=1S/C12H12N4O3/c1-7(10(17)14-13)8(2)16-11(18)9-5-3-4-6-15(9)12(16)19/h3-6,13,18H,1-2H3. The van der Waals surface area contributed by atoms with E-state index in [1.54, 1.807) is 18.2 Å². The van der Waals surface area contributed by atoms with Crippen LogP contribution in [-0.4, -0.2) is 20.0 Å². The van der Waals surface area contributed by atoms with Crippen LogP contribution in [0.4, 0.5) is 0 Å². The van der Waals surface area contributed by atoms with E-state index in [1.165, 1.54) is 24.4 Å². The first-order valence-corrected chi connectivity index (χ1v) is 5.49. The average Bonchev–Trinajstić information content (AvgIpc) is 2.69. The SMILES string of the molecule is CC(C(=O)N=N)=C(C)n1c(O)c2ccccn2c1=O. The number of imidazole rings is 1. The Hall–Kier alpha value is -2.70. The van der Waals surface area contributed by atoms with Gasteiger partial charge in [-0.3, -0.25) is 9.20 Å². The molecule has 19 heavy (non-hydrogen) atoms. The molecule has 0 aliphatic rings. The fourth-order valence-corrected chi connectivity index (χ4v) is 1.81. The van der Waals surface area contributed by atoms with Gasteiger partial charge >= 0.3 is 5.69 Å². The van der Waals surface area contributed by atoms with Crippen molar-refractivity contribution in [2.45, 2.75) is 13.8 Å². The van der Waals surface area contributed by atoms with Gasteiger partial charge in [-0.25, -0.2) is 14.9 Å². The van der Waals surface area contributed by atoms with Crippen LogP contribution in [0.2, 0.25) is 0 Å². The van der Waals surface area contributed by atoms with Crippen LogP contribution in [0.5, 0.6) is 5.88 Å². The summed E-state index contributed by atoms with van der Waals surface area (Å²) in [5.41, 5.74) is 6.93. The maximum absolute atomic E-state index is 12.1. The third kappa shape index (κ3) is 1.85. The van der Waals surface area contributed by atoms with Crippen LogP contribution < -0.4 is 5.69 Å². The molecule has 0 fully saturated rings. The summed E-state index contributed by atoms with van der Waals surface area (Å²) in [6.07, 6.45) is 1.52. The van der Waals surface area contributed by atoms with Crippen molar-refractivity contribution in [3.05, 3.63) is 40.5 Å². The minimum absolute atomic E-state index is 0.128. The van der Waals surface area contributed by atoms with Crippen LogP contribution in [-0.2, 0) is 4.79 Å². The fourth-order valence-electron chi connectivity index (χ4n) is 1.81. The van der Waals surface area contributed by atoms with Crippen molar-refractivity contribution in [1.82, 2.24) is 8.97 Å². The van der Waals surface area contributed by atoms with Crippen LogP contribution in [0.15, 0.2) is 39.9 Å². The number of carbonyl (C=O) groups is 1. The normalized spacial score (nSPS) is 12.3. The number of hydrogen-bond donors (Lipinski definition) is 2. The number of hydrogen-bond acceptors (Lipinski definition) is 4. The van der Waals surface area contributed by atoms with E-state index in [-0.39, 0.29) is 17.2 Å². The van der Waals surface area contributed by atoms with E-state index in [0.717, 1.165) is 4.57 Å². The number of aromatic nitrogens is 2. The second-order valence-corrected chi connectivity index (χ2v) is 4.02. The molecule has 2 rings (SSSR count). The van der Waals surface area contributed by atoms with Gasteiger partial charge in [-0.15, -0.1) is 5.11 Å². The van der Waals surface area contributed by atoms with Crippen molar-refractivity contribution in [2.24, 2.45) is 5.11 Å². The number of amides is 1. The maximum Gasteiger partial charge on any atom is 0.340 e. The lowest BCUT2D eigenvalue weighted by molar-refractivity contribution is -0.115. The quantitative estimate of drug-likeness (QED) is 0.633. The van der Waals surface area contributed by atoms with E-state index in [2.05, 4.69) is 5.11 Å². The molecule has 0 atom stereocenters. The largest absolute Gasteiger partial charge is 0.493 e. The summed E-state index contributed by atoms with van der Waals surface area (Å²) in [4.78, 5) is 23.5. The van der Waals surface area contributed by atoms with Gasteiger partial charge in [0.25, 0.3) is 5.91 Å². The molecule has 2 aromatic heterocycles. The van der Waals surface area contributed by atoms with Crippen molar-refractivity contribution in [1.29, 1.82) is 5.53 Å². The number of nitrogens with one attached hydrogen (secondary N) is 1. The summed E-state index contributed by atoms with van der Waals surface area (Å²) in [6.45, 7) is 2.96. The zero-order valence-corrected chi connectivity index (χ0v) is 10.4. The predicted octanol–water partition coefficient (Wildman–Crippen LogP) is 1.62. The predicted molar refractivity (Wildman–Crippen MR) is 68.0 cm³/mol. The van der Waals surface area contributed by atoms with Crippen molar-refractivity contribution in [2.75, 3.05) is 0 Å².